The predicted molar refractivity (Wildman–Crippen MR) is 109 cm³/mol. The Balaban J connectivity index is 1.50. The first-order chi connectivity index (χ1) is 13.0. The molecule has 6 heteroatoms. The van der Waals surface area contributed by atoms with E-state index in [-0.39, 0.29) is 11.8 Å². The molecule has 0 spiro atoms. The molecule has 3 aliphatic rings. The molecule has 0 aromatic carbocycles. The lowest BCUT2D eigenvalue weighted by molar-refractivity contribution is -0.118. The lowest BCUT2D eigenvalue weighted by atomic mass is 9.90. The topological polar surface area (TPSA) is 70.1 Å². The first-order valence-electron chi connectivity index (χ1n) is 9.69. The van der Waals surface area contributed by atoms with Gasteiger partial charge in [0.15, 0.2) is 5.82 Å². The summed E-state index contributed by atoms with van der Waals surface area (Å²) in [5, 5.41) is 11.0. The number of amides is 1. The van der Waals surface area contributed by atoms with Gasteiger partial charge < -0.3 is 5.32 Å². The minimum absolute atomic E-state index is 0.0782. The SMILES string of the molecule is CC1=CC2=NC(C(C)C(=O)Nc3cc(C4CC4)[nH]n3)=CC(CCC=C1Cl)C2. The number of hydrogen-bond acceptors (Lipinski definition) is 3. The molecular weight excluding hydrogens is 360 g/mol. The Kier molecular flexibility index (Phi) is 5.04. The van der Waals surface area contributed by atoms with Gasteiger partial charge in [-0.05, 0) is 63.5 Å². The van der Waals surface area contributed by atoms with E-state index in [2.05, 4.69) is 27.7 Å². The predicted octanol–water partition coefficient (Wildman–Crippen LogP) is 5.07. The number of allylic oxidation sites excluding steroid dienone is 5. The number of aromatic nitrogens is 2. The molecule has 0 saturated heterocycles. The maximum atomic E-state index is 12.7. The van der Waals surface area contributed by atoms with Crippen molar-refractivity contribution in [1.29, 1.82) is 0 Å². The molecule has 2 atom stereocenters. The van der Waals surface area contributed by atoms with Crippen molar-refractivity contribution < 1.29 is 4.79 Å². The highest BCUT2D eigenvalue weighted by Gasteiger charge is 2.27. The minimum atomic E-state index is -0.332. The van der Waals surface area contributed by atoms with E-state index in [0.29, 0.717) is 17.7 Å². The van der Waals surface area contributed by atoms with Crippen LogP contribution < -0.4 is 5.32 Å². The molecule has 0 radical (unpaired) electrons. The lowest BCUT2D eigenvalue weighted by Gasteiger charge is -2.22. The van der Waals surface area contributed by atoms with Crippen molar-refractivity contribution in [2.45, 2.75) is 51.9 Å². The molecular formula is C21H25ClN4O. The average molecular weight is 385 g/mol. The third kappa shape index (κ3) is 4.24. The number of aliphatic imine (C=N–C) groups is 1. The van der Waals surface area contributed by atoms with Crippen molar-refractivity contribution in [3.8, 4) is 0 Å². The third-order valence-electron chi connectivity index (χ3n) is 5.47. The first kappa shape index (κ1) is 18.2. The van der Waals surface area contributed by atoms with E-state index in [1.165, 1.54) is 12.8 Å². The second-order valence-corrected chi connectivity index (χ2v) is 8.22. The Hall–Kier alpha value is -2.14. The number of H-pyrrole nitrogens is 1. The van der Waals surface area contributed by atoms with Crippen molar-refractivity contribution in [2.24, 2.45) is 16.8 Å². The summed E-state index contributed by atoms with van der Waals surface area (Å²) in [5.74, 6) is 1.15. The molecule has 2 bridgehead atoms. The van der Waals surface area contributed by atoms with Gasteiger partial charge in [0.25, 0.3) is 0 Å². The number of nitrogens with one attached hydrogen (secondary N) is 2. The number of rotatable bonds is 4. The second kappa shape index (κ2) is 7.47. The molecule has 1 amide bonds. The molecule has 142 valence electrons. The molecule has 2 N–H and O–H groups in total. The molecule has 2 aliphatic carbocycles. The van der Waals surface area contributed by atoms with Gasteiger partial charge in [-0.1, -0.05) is 23.8 Å². The van der Waals surface area contributed by atoms with Crippen LogP contribution in [0.3, 0.4) is 0 Å². The van der Waals surface area contributed by atoms with E-state index >= 15 is 0 Å². The Morgan fingerprint density at radius 3 is 2.96 bits per heavy atom. The van der Waals surface area contributed by atoms with Gasteiger partial charge in [-0.15, -0.1) is 0 Å². The summed E-state index contributed by atoms with van der Waals surface area (Å²) < 4.78 is 0. The molecule has 27 heavy (non-hydrogen) atoms. The second-order valence-electron chi connectivity index (χ2n) is 7.81. The molecule has 2 unspecified atom stereocenters. The van der Waals surface area contributed by atoms with Gasteiger partial charge in [0.2, 0.25) is 5.91 Å². The molecule has 5 nitrogen and oxygen atoms in total. The van der Waals surface area contributed by atoms with Crippen LogP contribution in [-0.4, -0.2) is 21.8 Å². The Bertz CT molecular complexity index is 872. The highest BCUT2D eigenvalue weighted by Crippen LogP contribution is 2.39. The van der Waals surface area contributed by atoms with E-state index in [1.54, 1.807) is 0 Å². The first-order valence-corrected chi connectivity index (χ1v) is 10.1. The van der Waals surface area contributed by atoms with Gasteiger partial charge in [0, 0.05) is 34.1 Å². The maximum Gasteiger partial charge on any atom is 0.234 e. The maximum absolute atomic E-state index is 12.7. The largest absolute Gasteiger partial charge is 0.309 e. The van der Waals surface area contributed by atoms with Gasteiger partial charge in [0.05, 0.1) is 5.92 Å². The number of fused-ring (bicyclic) bond motifs is 2. The van der Waals surface area contributed by atoms with E-state index in [4.69, 9.17) is 16.6 Å². The van der Waals surface area contributed by atoms with Crippen LogP contribution in [0.4, 0.5) is 5.82 Å². The molecule has 1 aromatic rings. The zero-order valence-corrected chi connectivity index (χ0v) is 16.5. The Morgan fingerprint density at radius 1 is 1.37 bits per heavy atom. The summed E-state index contributed by atoms with van der Waals surface area (Å²) in [4.78, 5) is 17.5. The number of halogens is 1. The summed E-state index contributed by atoms with van der Waals surface area (Å²) in [6.07, 6.45) is 11.5. The van der Waals surface area contributed by atoms with E-state index in [0.717, 1.165) is 47.0 Å². The standard InChI is InChI=1S/C21H25ClN4O/c1-12-8-16-9-14(4-3-5-17(12)22)10-18(23-16)13(2)21(27)24-20-11-19(25-26-20)15-6-7-15/h5,8,10-11,13-15H,3-4,6-7,9H2,1-2H3,(H2,24,25,26,27). The number of carbonyl (C=O) groups is 1. The van der Waals surface area contributed by atoms with Crippen LogP contribution in [0.15, 0.2) is 45.6 Å². The normalized spacial score (nSPS) is 23.7. The summed E-state index contributed by atoms with van der Waals surface area (Å²) in [7, 11) is 0. The molecule has 1 aliphatic heterocycles. The van der Waals surface area contributed by atoms with E-state index < -0.39 is 0 Å². The number of carbonyl (C=O) groups excluding carboxylic acids is 1. The fraction of sp³-hybridized carbons (Fsp3) is 0.476. The van der Waals surface area contributed by atoms with E-state index in [1.807, 2.05) is 26.0 Å². The summed E-state index contributed by atoms with van der Waals surface area (Å²) >= 11 is 6.32. The van der Waals surface area contributed by atoms with Crippen LogP contribution in [0.2, 0.25) is 0 Å². The number of nitrogens with zero attached hydrogens (tertiary/aromatic N) is 2. The van der Waals surface area contributed by atoms with Crippen molar-refractivity contribution in [1.82, 2.24) is 10.2 Å². The van der Waals surface area contributed by atoms with Crippen LogP contribution >= 0.6 is 11.6 Å². The van der Waals surface area contributed by atoms with Crippen LogP contribution in [-0.2, 0) is 4.79 Å². The quantitative estimate of drug-likeness (QED) is 0.760. The smallest absolute Gasteiger partial charge is 0.234 e. The summed E-state index contributed by atoms with van der Waals surface area (Å²) in [6, 6.07) is 1.94. The zero-order valence-electron chi connectivity index (χ0n) is 15.8. The van der Waals surface area contributed by atoms with Crippen molar-refractivity contribution in [3.63, 3.8) is 0 Å². The fourth-order valence-electron chi connectivity index (χ4n) is 3.61. The molecule has 1 aromatic heterocycles. The molecule has 4 rings (SSSR count). The summed E-state index contributed by atoms with van der Waals surface area (Å²) in [5.41, 5.74) is 3.97. The Morgan fingerprint density at radius 2 is 2.19 bits per heavy atom. The highest BCUT2D eigenvalue weighted by atomic mass is 35.5. The van der Waals surface area contributed by atoms with Crippen LogP contribution in [0, 0.1) is 11.8 Å². The molecule has 2 heterocycles. The monoisotopic (exact) mass is 384 g/mol. The summed E-state index contributed by atoms with van der Waals surface area (Å²) in [6.45, 7) is 3.91. The zero-order chi connectivity index (χ0) is 19.0. The Labute approximate surface area is 164 Å². The van der Waals surface area contributed by atoms with Gasteiger partial charge in [-0.25, -0.2) is 0 Å². The van der Waals surface area contributed by atoms with Gasteiger partial charge in [0.1, 0.15) is 0 Å². The van der Waals surface area contributed by atoms with Crippen LogP contribution in [0.1, 0.15) is 57.6 Å². The fourth-order valence-corrected chi connectivity index (χ4v) is 3.78. The minimum Gasteiger partial charge on any atom is -0.309 e. The lowest BCUT2D eigenvalue weighted by Crippen LogP contribution is -2.24. The molecule has 1 fully saturated rings. The average Bonchev–Trinajstić information content (AvgIpc) is 3.39. The van der Waals surface area contributed by atoms with E-state index in [9.17, 15) is 4.79 Å². The number of anilines is 1. The third-order valence-corrected chi connectivity index (χ3v) is 5.93. The van der Waals surface area contributed by atoms with Gasteiger partial charge >= 0.3 is 0 Å². The molecule has 1 saturated carbocycles. The van der Waals surface area contributed by atoms with Crippen molar-refractivity contribution in [2.75, 3.05) is 5.32 Å². The number of hydrogen-bond donors (Lipinski definition) is 2. The number of aromatic amines is 1. The van der Waals surface area contributed by atoms with Crippen molar-refractivity contribution >= 4 is 29.0 Å². The van der Waals surface area contributed by atoms with Crippen LogP contribution in [0.25, 0.3) is 0 Å². The van der Waals surface area contributed by atoms with Gasteiger partial charge in [-0.3, -0.25) is 14.9 Å². The van der Waals surface area contributed by atoms with Crippen LogP contribution in [0.5, 0.6) is 0 Å². The van der Waals surface area contributed by atoms with Gasteiger partial charge in [-0.2, -0.15) is 5.10 Å². The van der Waals surface area contributed by atoms with Crippen molar-refractivity contribution in [3.05, 3.63) is 46.3 Å². The highest BCUT2D eigenvalue weighted by molar-refractivity contribution is 6.32.